The Morgan fingerprint density at radius 1 is 1.75 bits per heavy atom. The number of nitrogens with zero attached hydrogens (tertiary/aromatic N) is 2. The lowest BCUT2D eigenvalue weighted by Gasteiger charge is -1.96. The molecule has 3 heteroatoms. The van der Waals surface area contributed by atoms with Crippen molar-refractivity contribution >= 4 is 18.1 Å². The Hall–Kier alpha value is -1.51. The van der Waals surface area contributed by atoms with Gasteiger partial charge in [0.25, 0.3) is 0 Å². The lowest BCUT2D eigenvalue weighted by atomic mass is 10.4. The van der Waals surface area contributed by atoms with Crippen LogP contribution in [-0.4, -0.2) is 9.55 Å². The van der Waals surface area contributed by atoms with E-state index in [0.29, 0.717) is 5.82 Å². The maximum atomic E-state index is 5.59. The summed E-state index contributed by atoms with van der Waals surface area (Å²) in [5.74, 6) is 0.519. The van der Waals surface area contributed by atoms with E-state index < -0.39 is 0 Å². The molecule has 64 valence electrons. The monoisotopic (exact) mass is 163 g/mol. The largest absolute Gasteiger partial charge is 0.382 e. The molecular weight excluding hydrogens is 150 g/mol. The lowest BCUT2D eigenvalue weighted by Crippen LogP contribution is -1.91. The van der Waals surface area contributed by atoms with Gasteiger partial charge in [-0.15, -0.1) is 0 Å². The van der Waals surface area contributed by atoms with Crippen LogP contribution in [0.2, 0.25) is 0 Å². The van der Waals surface area contributed by atoms with Gasteiger partial charge < -0.3 is 10.3 Å². The topological polar surface area (TPSA) is 43.8 Å². The molecule has 1 heterocycles. The van der Waals surface area contributed by atoms with Crippen molar-refractivity contribution in [3.8, 4) is 0 Å². The third-order valence-corrected chi connectivity index (χ3v) is 1.56. The Morgan fingerprint density at radius 2 is 2.50 bits per heavy atom. The van der Waals surface area contributed by atoms with E-state index in [1.165, 1.54) is 0 Å². The first-order valence-electron chi connectivity index (χ1n) is 3.91. The lowest BCUT2D eigenvalue weighted by molar-refractivity contribution is 1.10. The highest BCUT2D eigenvalue weighted by atomic mass is 15.1. The summed E-state index contributed by atoms with van der Waals surface area (Å²) < 4.78 is 1.85. The van der Waals surface area contributed by atoms with Crippen molar-refractivity contribution in [2.75, 3.05) is 5.73 Å². The van der Waals surface area contributed by atoms with Crippen LogP contribution in [0.3, 0.4) is 0 Å². The Bertz CT molecular complexity index is 297. The molecule has 0 saturated heterocycles. The van der Waals surface area contributed by atoms with E-state index in [1.54, 1.807) is 12.4 Å². The molecule has 0 spiro atoms. The molecule has 2 N–H and O–H groups in total. The Labute approximate surface area is 72.2 Å². The van der Waals surface area contributed by atoms with Gasteiger partial charge in [-0.3, -0.25) is 0 Å². The highest BCUT2D eigenvalue weighted by molar-refractivity contribution is 5.58. The van der Waals surface area contributed by atoms with Crippen LogP contribution in [0.5, 0.6) is 0 Å². The molecule has 0 atom stereocenters. The summed E-state index contributed by atoms with van der Waals surface area (Å²) in [4.78, 5) is 3.96. The average molecular weight is 163 g/mol. The SMILES string of the molecule is C=Cc1c(N)ncn1/C=C\CC. The molecule has 1 aromatic rings. The minimum Gasteiger partial charge on any atom is -0.382 e. The van der Waals surface area contributed by atoms with Gasteiger partial charge in [0.05, 0.1) is 5.69 Å². The van der Waals surface area contributed by atoms with E-state index in [0.717, 1.165) is 12.1 Å². The maximum absolute atomic E-state index is 5.59. The number of anilines is 1. The quantitative estimate of drug-likeness (QED) is 0.740. The van der Waals surface area contributed by atoms with Crippen LogP contribution >= 0.6 is 0 Å². The second-order valence-electron chi connectivity index (χ2n) is 2.42. The highest BCUT2D eigenvalue weighted by Gasteiger charge is 1.99. The van der Waals surface area contributed by atoms with Gasteiger partial charge in [-0.25, -0.2) is 4.98 Å². The third kappa shape index (κ3) is 1.56. The molecule has 1 rings (SSSR count). The fourth-order valence-electron chi connectivity index (χ4n) is 0.933. The number of rotatable bonds is 3. The summed E-state index contributed by atoms with van der Waals surface area (Å²) in [7, 11) is 0. The summed E-state index contributed by atoms with van der Waals surface area (Å²) in [6.07, 6.45) is 8.34. The van der Waals surface area contributed by atoms with Crippen LogP contribution in [0.1, 0.15) is 19.0 Å². The zero-order chi connectivity index (χ0) is 8.97. The van der Waals surface area contributed by atoms with Gasteiger partial charge in [-0.05, 0) is 12.5 Å². The Kier molecular flexibility index (Phi) is 2.69. The van der Waals surface area contributed by atoms with Crippen molar-refractivity contribution in [1.82, 2.24) is 9.55 Å². The van der Waals surface area contributed by atoms with E-state index in [9.17, 15) is 0 Å². The predicted molar refractivity (Wildman–Crippen MR) is 52.4 cm³/mol. The van der Waals surface area contributed by atoms with Crippen LogP contribution in [0.4, 0.5) is 5.82 Å². The van der Waals surface area contributed by atoms with E-state index in [1.807, 2.05) is 16.8 Å². The summed E-state index contributed by atoms with van der Waals surface area (Å²) in [6.45, 7) is 5.73. The van der Waals surface area contributed by atoms with Crippen LogP contribution in [0, 0.1) is 0 Å². The molecule has 0 bridgehead atoms. The van der Waals surface area contributed by atoms with E-state index >= 15 is 0 Å². The van der Waals surface area contributed by atoms with Crippen LogP contribution in [-0.2, 0) is 0 Å². The zero-order valence-electron chi connectivity index (χ0n) is 7.20. The van der Waals surface area contributed by atoms with E-state index in [2.05, 4.69) is 18.5 Å². The second kappa shape index (κ2) is 3.76. The molecule has 0 saturated carbocycles. The predicted octanol–water partition coefficient (Wildman–Crippen LogP) is 1.99. The fourth-order valence-corrected chi connectivity index (χ4v) is 0.933. The maximum Gasteiger partial charge on any atom is 0.149 e. The van der Waals surface area contributed by atoms with Crippen LogP contribution in [0.25, 0.3) is 12.3 Å². The van der Waals surface area contributed by atoms with Crippen molar-refractivity contribution < 1.29 is 0 Å². The molecule has 0 aromatic carbocycles. The van der Waals surface area contributed by atoms with Crippen molar-refractivity contribution in [2.24, 2.45) is 0 Å². The van der Waals surface area contributed by atoms with Gasteiger partial charge in [-0.2, -0.15) is 0 Å². The number of hydrogen-bond acceptors (Lipinski definition) is 2. The molecule has 0 aliphatic carbocycles. The minimum atomic E-state index is 0.519. The number of nitrogens with two attached hydrogens (primary N) is 1. The number of aromatic nitrogens is 2. The van der Waals surface area contributed by atoms with E-state index in [-0.39, 0.29) is 0 Å². The van der Waals surface area contributed by atoms with Crippen LogP contribution < -0.4 is 5.73 Å². The first-order valence-corrected chi connectivity index (χ1v) is 3.91. The third-order valence-electron chi connectivity index (χ3n) is 1.56. The molecular formula is C9H13N3. The van der Waals surface area contributed by atoms with Crippen molar-refractivity contribution in [1.29, 1.82) is 0 Å². The van der Waals surface area contributed by atoms with Gasteiger partial charge in [-0.1, -0.05) is 19.6 Å². The first kappa shape index (κ1) is 8.59. The van der Waals surface area contributed by atoms with Crippen LogP contribution in [0.15, 0.2) is 19.0 Å². The first-order chi connectivity index (χ1) is 5.79. The number of nitrogen functional groups attached to an aromatic ring is 1. The molecule has 1 aromatic heterocycles. The number of imidazole rings is 1. The minimum absolute atomic E-state index is 0.519. The average Bonchev–Trinajstić information content (AvgIpc) is 2.43. The number of hydrogen-bond donors (Lipinski definition) is 1. The molecule has 0 fully saturated rings. The molecule has 0 radical (unpaired) electrons. The summed E-state index contributed by atoms with van der Waals surface area (Å²) in [6, 6.07) is 0. The van der Waals surface area contributed by atoms with Gasteiger partial charge in [0.1, 0.15) is 12.1 Å². The molecule has 12 heavy (non-hydrogen) atoms. The standard InChI is InChI=1S/C9H13N3/c1-3-5-6-12-7-11-9(10)8(12)4-2/h4-7H,2-3,10H2,1H3/b6-5-. The van der Waals surface area contributed by atoms with Crippen molar-refractivity contribution in [3.63, 3.8) is 0 Å². The fraction of sp³-hybridized carbons (Fsp3) is 0.222. The summed E-state index contributed by atoms with van der Waals surface area (Å²) in [5, 5.41) is 0. The normalized spacial score (nSPS) is 10.8. The molecule has 0 aliphatic heterocycles. The van der Waals surface area contributed by atoms with Gasteiger partial charge in [0.2, 0.25) is 0 Å². The zero-order valence-corrected chi connectivity index (χ0v) is 7.20. The summed E-state index contributed by atoms with van der Waals surface area (Å²) >= 11 is 0. The molecule has 0 unspecified atom stereocenters. The highest BCUT2D eigenvalue weighted by Crippen LogP contribution is 2.10. The van der Waals surface area contributed by atoms with E-state index in [4.69, 9.17) is 5.73 Å². The second-order valence-corrected chi connectivity index (χ2v) is 2.42. The van der Waals surface area contributed by atoms with Gasteiger partial charge in [0.15, 0.2) is 0 Å². The van der Waals surface area contributed by atoms with Crippen molar-refractivity contribution in [3.05, 3.63) is 24.7 Å². The Balaban J connectivity index is 2.99. The molecule has 0 amide bonds. The number of allylic oxidation sites excluding steroid dienone is 1. The molecule has 0 aliphatic rings. The van der Waals surface area contributed by atoms with Crippen molar-refractivity contribution in [2.45, 2.75) is 13.3 Å². The Morgan fingerprint density at radius 3 is 3.08 bits per heavy atom. The van der Waals surface area contributed by atoms with Gasteiger partial charge in [0, 0.05) is 6.20 Å². The smallest absolute Gasteiger partial charge is 0.149 e. The van der Waals surface area contributed by atoms with Gasteiger partial charge >= 0.3 is 0 Å². The summed E-state index contributed by atoms with van der Waals surface area (Å²) in [5.41, 5.74) is 6.43. The molecule has 3 nitrogen and oxygen atoms in total.